The minimum atomic E-state index is -0.453. The molecule has 3 aliphatic rings. The van der Waals surface area contributed by atoms with Gasteiger partial charge in [-0.2, -0.15) is 0 Å². The van der Waals surface area contributed by atoms with Crippen molar-refractivity contribution in [1.29, 1.82) is 0 Å². The predicted octanol–water partition coefficient (Wildman–Crippen LogP) is 2.11. The lowest BCUT2D eigenvalue weighted by Gasteiger charge is -2.28. The number of alkyl halides is 2. The molecule has 1 heterocycles. The lowest BCUT2D eigenvalue weighted by atomic mass is 9.81. The van der Waals surface area contributed by atoms with Crippen LogP contribution in [0.15, 0.2) is 24.3 Å². The maximum atomic E-state index is 12.7. The van der Waals surface area contributed by atoms with Crippen LogP contribution >= 0.6 is 31.9 Å². The van der Waals surface area contributed by atoms with Crippen LogP contribution < -0.4 is 5.32 Å². The number of amides is 3. The summed E-state index contributed by atoms with van der Waals surface area (Å²) in [6.45, 7) is -0.292. The molecule has 1 aromatic carbocycles. The third kappa shape index (κ3) is 2.61. The van der Waals surface area contributed by atoms with Crippen LogP contribution in [0.4, 0.5) is 5.69 Å². The molecule has 3 amide bonds. The summed E-state index contributed by atoms with van der Waals surface area (Å²) in [6.07, 6.45) is 0.863. The molecule has 0 spiro atoms. The van der Waals surface area contributed by atoms with Crippen LogP contribution in [0.25, 0.3) is 0 Å². The molecule has 1 aliphatic heterocycles. The average Bonchev–Trinajstić information content (AvgIpc) is 3.15. The highest BCUT2D eigenvalue weighted by Crippen LogP contribution is 2.60. The van der Waals surface area contributed by atoms with Gasteiger partial charge in [-0.1, -0.05) is 37.9 Å². The summed E-state index contributed by atoms with van der Waals surface area (Å²) in [6, 6.07) is 6.13. The van der Waals surface area contributed by atoms with Crippen LogP contribution in [0, 0.1) is 23.7 Å². The van der Waals surface area contributed by atoms with Gasteiger partial charge in [-0.25, -0.2) is 0 Å². The van der Waals surface area contributed by atoms with Gasteiger partial charge in [0.05, 0.1) is 11.8 Å². The zero-order valence-corrected chi connectivity index (χ0v) is 16.2. The topological polar surface area (TPSA) is 86.7 Å². The number of carbonyl (C=O) groups is 3. The number of nitrogens with one attached hydrogen (secondary N) is 1. The maximum absolute atomic E-state index is 12.7. The molecule has 6 nitrogen and oxygen atoms in total. The fourth-order valence-corrected chi connectivity index (χ4v) is 6.37. The number of phenolic OH excluding ortho intramolecular Hbond substituents is 1. The first kappa shape index (κ1) is 17.0. The Labute approximate surface area is 161 Å². The van der Waals surface area contributed by atoms with Crippen molar-refractivity contribution in [2.24, 2.45) is 23.7 Å². The van der Waals surface area contributed by atoms with E-state index in [1.165, 1.54) is 12.1 Å². The van der Waals surface area contributed by atoms with Gasteiger partial charge < -0.3 is 10.4 Å². The molecule has 0 unspecified atom stereocenters. The smallest absolute Gasteiger partial charge is 0.244 e. The number of aromatic hydroxyl groups is 1. The molecular formula is C17H16Br2N2O4. The highest BCUT2D eigenvalue weighted by Gasteiger charge is 2.66. The number of nitrogens with zero attached hydrogens (tertiary/aromatic N) is 1. The van der Waals surface area contributed by atoms with E-state index in [0.717, 1.165) is 11.3 Å². The van der Waals surface area contributed by atoms with E-state index in [9.17, 15) is 19.5 Å². The van der Waals surface area contributed by atoms with Gasteiger partial charge in [-0.05, 0) is 30.4 Å². The summed E-state index contributed by atoms with van der Waals surface area (Å²) in [7, 11) is 0. The first-order chi connectivity index (χ1) is 11.9. The zero-order chi connectivity index (χ0) is 17.9. The SMILES string of the molecule is O=C(CN1C(=O)[C@H]2[C@H]3C[C@@H]([C@@H](Br)[C@@H]3Br)[C@@H]2C1=O)Nc1cccc(O)c1. The van der Waals surface area contributed by atoms with Crippen molar-refractivity contribution in [3.8, 4) is 5.75 Å². The zero-order valence-electron chi connectivity index (χ0n) is 13.1. The second kappa shape index (κ2) is 6.09. The van der Waals surface area contributed by atoms with E-state index >= 15 is 0 Å². The van der Waals surface area contributed by atoms with E-state index in [2.05, 4.69) is 37.2 Å². The molecule has 1 aromatic rings. The lowest BCUT2D eigenvalue weighted by Crippen LogP contribution is -2.39. The molecule has 2 N–H and O–H groups in total. The fraction of sp³-hybridized carbons (Fsp3) is 0.471. The number of carbonyl (C=O) groups excluding carboxylic acids is 3. The second-order valence-electron chi connectivity index (χ2n) is 6.86. The number of hydrogen-bond acceptors (Lipinski definition) is 4. The number of likely N-dealkylation sites (tertiary alicyclic amines) is 1. The molecule has 6 atom stereocenters. The van der Waals surface area contributed by atoms with Gasteiger partial charge in [0, 0.05) is 21.4 Å². The van der Waals surface area contributed by atoms with Crippen molar-refractivity contribution in [2.45, 2.75) is 16.1 Å². The average molecular weight is 472 g/mol. The van der Waals surface area contributed by atoms with Crippen LogP contribution in [-0.2, 0) is 14.4 Å². The highest BCUT2D eigenvalue weighted by molar-refractivity contribution is 9.12. The predicted molar refractivity (Wildman–Crippen MR) is 97.5 cm³/mol. The molecule has 0 radical (unpaired) electrons. The number of phenols is 1. The Balaban J connectivity index is 1.48. The van der Waals surface area contributed by atoms with E-state index in [4.69, 9.17) is 0 Å². The molecule has 132 valence electrons. The summed E-state index contributed by atoms with van der Waals surface area (Å²) in [5.41, 5.74) is 0.422. The third-order valence-corrected chi connectivity index (χ3v) is 8.72. The Bertz CT molecular complexity index is 739. The summed E-state index contributed by atoms with van der Waals surface area (Å²) >= 11 is 7.27. The number of rotatable bonds is 3. The minimum absolute atomic E-state index is 0.0314. The second-order valence-corrected chi connectivity index (χ2v) is 8.98. The van der Waals surface area contributed by atoms with Crippen molar-refractivity contribution >= 4 is 55.3 Å². The molecule has 3 fully saturated rings. The summed E-state index contributed by atoms with van der Waals surface area (Å²) in [4.78, 5) is 39.2. The Kier molecular flexibility index (Phi) is 4.15. The number of hydrogen-bond donors (Lipinski definition) is 2. The molecule has 2 aliphatic carbocycles. The van der Waals surface area contributed by atoms with Crippen molar-refractivity contribution in [2.75, 3.05) is 11.9 Å². The number of benzene rings is 1. The highest BCUT2D eigenvalue weighted by atomic mass is 79.9. The van der Waals surface area contributed by atoms with Crippen LogP contribution in [0.1, 0.15) is 6.42 Å². The van der Waals surface area contributed by atoms with Gasteiger partial charge in [0.1, 0.15) is 12.3 Å². The van der Waals surface area contributed by atoms with Crippen LogP contribution in [-0.4, -0.2) is 43.9 Å². The largest absolute Gasteiger partial charge is 0.508 e. The normalized spacial score (nSPS) is 36.0. The van der Waals surface area contributed by atoms with Crippen molar-refractivity contribution in [3.05, 3.63) is 24.3 Å². The van der Waals surface area contributed by atoms with E-state index < -0.39 is 5.91 Å². The van der Waals surface area contributed by atoms with Gasteiger partial charge >= 0.3 is 0 Å². The fourth-order valence-electron chi connectivity index (χ4n) is 4.49. The number of imide groups is 1. The molecule has 1 saturated heterocycles. The van der Waals surface area contributed by atoms with Crippen molar-refractivity contribution < 1.29 is 19.5 Å². The number of fused-ring (bicyclic) bond motifs is 5. The van der Waals surface area contributed by atoms with Gasteiger partial charge in [-0.3, -0.25) is 19.3 Å². The van der Waals surface area contributed by atoms with Crippen LogP contribution in [0.5, 0.6) is 5.75 Å². The summed E-state index contributed by atoms with van der Waals surface area (Å²) in [5.74, 6) is -1.26. The van der Waals surface area contributed by atoms with Crippen LogP contribution in [0.3, 0.4) is 0 Å². The summed E-state index contributed by atoms with van der Waals surface area (Å²) in [5, 5.41) is 12.0. The monoisotopic (exact) mass is 470 g/mol. The van der Waals surface area contributed by atoms with E-state index in [1.807, 2.05) is 0 Å². The molecular weight excluding hydrogens is 456 g/mol. The van der Waals surface area contributed by atoms with Crippen LogP contribution in [0.2, 0.25) is 0 Å². The van der Waals surface area contributed by atoms with Gasteiger partial charge in [-0.15, -0.1) is 0 Å². The summed E-state index contributed by atoms with van der Waals surface area (Å²) < 4.78 is 0. The Hall–Kier alpha value is -1.41. The molecule has 0 aromatic heterocycles. The Morgan fingerprint density at radius 2 is 1.76 bits per heavy atom. The van der Waals surface area contributed by atoms with Crippen molar-refractivity contribution in [1.82, 2.24) is 4.90 Å². The molecule has 25 heavy (non-hydrogen) atoms. The first-order valence-electron chi connectivity index (χ1n) is 8.10. The molecule has 8 heteroatoms. The third-order valence-electron chi connectivity index (χ3n) is 5.51. The van der Waals surface area contributed by atoms with Gasteiger partial charge in [0.25, 0.3) is 0 Å². The standard InChI is InChI=1S/C17H16Br2N2O4/c18-14-9-5-10(15(14)19)13-12(9)16(24)21(17(13)25)6-11(23)20-7-2-1-3-8(22)4-7/h1-4,9-10,12-15,22H,5-6H2,(H,20,23)/t9-,10-,12+,13+,14-,15-/m1/s1. The first-order valence-corrected chi connectivity index (χ1v) is 9.94. The van der Waals surface area contributed by atoms with Gasteiger partial charge in [0.15, 0.2) is 0 Å². The quantitative estimate of drug-likeness (QED) is 0.522. The molecule has 2 bridgehead atoms. The van der Waals surface area contributed by atoms with E-state index in [-0.39, 0.29) is 57.4 Å². The maximum Gasteiger partial charge on any atom is 0.244 e. The van der Waals surface area contributed by atoms with E-state index in [0.29, 0.717) is 5.69 Å². The lowest BCUT2D eigenvalue weighted by molar-refractivity contribution is -0.143. The van der Waals surface area contributed by atoms with Gasteiger partial charge in [0.2, 0.25) is 17.7 Å². The number of anilines is 1. The molecule has 2 saturated carbocycles. The van der Waals surface area contributed by atoms with Crippen molar-refractivity contribution in [3.63, 3.8) is 0 Å². The number of halogens is 2. The minimum Gasteiger partial charge on any atom is -0.508 e. The Morgan fingerprint density at radius 3 is 2.32 bits per heavy atom. The Morgan fingerprint density at radius 1 is 1.16 bits per heavy atom. The molecule has 4 rings (SSSR count). The van der Waals surface area contributed by atoms with E-state index in [1.54, 1.807) is 12.1 Å².